The minimum absolute atomic E-state index is 0.242. The first kappa shape index (κ1) is 12.5. The first-order valence-electron chi connectivity index (χ1n) is 6.47. The van der Waals surface area contributed by atoms with Crippen molar-refractivity contribution in [3.05, 3.63) is 48.8 Å². The van der Waals surface area contributed by atoms with Crippen LogP contribution in [-0.2, 0) is 6.54 Å². The van der Waals surface area contributed by atoms with Crippen LogP contribution >= 0.6 is 0 Å². The fourth-order valence-corrected chi connectivity index (χ4v) is 1.85. The fourth-order valence-electron chi connectivity index (χ4n) is 1.85. The van der Waals surface area contributed by atoms with Crippen molar-refractivity contribution in [2.45, 2.75) is 26.3 Å². The van der Waals surface area contributed by atoms with Gasteiger partial charge in [-0.15, -0.1) is 0 Å². The Hall–Kier alpha value is -2.50. The number of hydrogen-bond donors (Lipinski definition) is 0. The van der Waals surface area contributed by atoms with E-state index in [-0.39, 0.29) is 5.92 Å². The predicted octanol–water partition coefficient (Wildman–Crippen LogP) is 2.50. The highest BCUT2D eigenvalue weighted by Crippen LogP contribution is 2.16. The van der Waals surface area contributed by atoms with Gasteiger partial charge in [0, 0.05) is 30.1 Å². The van der Waals surface area contributed by atoms with Crippen molar-refractivity contribution in [1.82, 2.24) is 24.7 Å². The average Bonchev–Trinajstić information content (AvgIpc) is 3.10. The Bertz CT molecular complexity index is 686. The van der Waals surface area contributed by atoms with Crippen LogP contribution in [0, 0.1) is 0 Å². The summed E-state index contributed by atoms with van der Waals surface area (Å²) in [6.45, 7) is 4.60. The van der Waals surface area contributed by atoms with Crippen molar-refractivity contribution < 1.29 is 4.52 Å². The molecule has 0 spiro atoms. The summed E-state index contributed by atoms with van der Waals surface area (Å²) in [6, 6.07) is 3.86. The van der Waals surface area contributed by atoms with Gasteiger partial charge in [0.15, 0.2) is 5.82 Å². The van der Waals surface area contributed by atoms with E-state index in [0.29, 0.717) is 18.3 Å². The van der Waals surface area contributed by atoms with E-state index in [1.807, 2.05) is 36.7 Å². The van der Waals surface area contributed by atoms with Gasteiger partial charge in [0.1, 0.15) is 0 Å². The van der Waals surface area contributed by atoms with Gasteiger partial charge < -0.3 is 9.09 Å². The van der Waals surface area contributed by atoms with Crippen molar-refractivity contribution in [3.8, 4) is 11.3 Å². The van der Waals surface area contributed by atoms with Gasteiger partial charge in [0.25, 0.3) is 0 Å². The van der Waals surface area contributed by atoms with Crippen LogP contribution in [0.25, 0.3) is 11.3 Å². The average molecular weight is 269 g/mol. The fraction of sp³-hybridized carbons (Fsp3) is 0.286. The van der Waals surface area contributed by atoms with Gasteiger partial charge in [0.05, 0.1) is 18.6 Å². The Morgan fingerprint density at radius 1 is 1.25 bits per heavy atom. The zero-order chi connectivity index (χ0) is 13.9. The number of pyridine rings is 1. The number of imidazole rings is 1. The van der Waals surface area contributed by atoms with Gasteiger partial charge in [-0.2, -0.15) is 4.98 Å². The summed E-state index contributed by atoms with van der Waals surface area (Å²) in [5, 5.41) is 3.97. The first-order valence-corrected chi connectivity index (χ1v) is 6.47. The van der Waals surface area contributed by atoms with Gasteiger partial charge in [0.2, 0.25) is 5.89 Å². The van der Waals surface area contributed by atoms with Crippen LogP contribution < -0.4 is 0 Å². The largest absolute Gasteiger partial charge is 0.339 e. The van der Waals surface area contributed by atoms with E-state index >= 15 is 0 Å². The number of aromatic nitrogens is 5. The molecule has 0 fully saturated rings. The highest BCUT2D eigenvalue weighted by Gasteiger charge is 2.10. The quantitative estimate of drug-likeness (QED) is 0.727. The van der Waals surface area contributed by atoms with E-state index in [1.165, 1.54) is 0 Å². The zero-order valence-corrected chi connectivity index (χ0v) is 11.4. The molecule has 0 aliphatic rings. The summed E-state index contributed by atoms with van der Waals surface area (Å²) in [4.78, 5) is 12.7. The second kappa shape index (κ2) is 5.24. The Kier molecular flexibility index (Phi) is 3.28. The zero-order valence-electron chi connectivity index (χ0n) is 11.4. The summed E-state index contributed by atoms with van der Waals surface area (Å²) in [6.07, 6.45) is 7.23. The molecule has 0 atom stereocenters. The van der Waals surface area contributed by atoms with Gasteiger partial charge in [-0.25, -0.2) is 4.98 Å². The smallest absolute Gasteiger partial charge is 0.229 e. The van der Waals surface area contributed by atoms with Crippen LogP contribution in [0.1, 0.15) is 31.5 Å². The highest BCUT2D eigenvalue weighted by molar-refractivity contribution is 5.56. The summed E-state index contributed by atoms with van der Waals surface area (Å²) in [7, 11) is 0. The molecule has 0 aliphatic heterocycles. The molecule has 3 heterocycles. The SMILES string of the molecule is CC(C)c1nc(Cn2cnc(-c3ccncc3)c2)no1. The Morgan fingerprint density at radius 2 is 2.05 bits per heavy atom. The number of rotatable bonds is 4. The van der Waals surface area contributed by atoms with Gasteiger partial charge in [-0.05, 0) is 12.1 Å². The topological polar surface area (TPSA) is 69.6 Å². The molecule has 0 N–H and O–H groups in total. The summed E-state index contributed by atoms with van der Waals surface area (Å²) in [5.41, 5.74) is 1.94. The molecule has 3 aromatic heterocycles. The standard InChI is InChI=1S/C14H15N5O/c1-10(2)14-17-13(18-20-14)8-19-7-12(16-9-19)11-3-5-15-6-4-11/h3-7,9-10H,8H2,1-2H3. The highest BCUT2D eigenvalue weighted by atomic mass is 16.5. The number of nitrogens with zero attached hydrogens (tertiary/aromatic N) is 5. The minimum atomic E-state index is 0.242. The second-order valence-corrected chi connectivity index (χ2v) is 4.87. The molecular weight excluding hydrogens is 254 g/mol. The van der Waals surface area contributed by atoms with Crippen LogP contribution in [0.3, 0.4) is 0 Å². The van der Waals surface area contributed by atoms with Crippen molar-refractivity contribution in [3.63, 3.8) is 0 Å². The molecule has 0 saturated carbocycles. The van der Waals surface area contributed by atoms with Gasteiger partial charge >= 0.3 is 0 Å². The maximum absolute atomic E-state index is 5.19. The van der Waals surface area contributed by atoms with Crippen molar-refractivity contribution >= 4 is 0 Å². The molecule has 3 aromatic rings. The second-order valence-electron chi connectivity index (χ2n) is 4.87. The lowest BCUT2D eigenvalue weighted by Gasteiger charge is -1.96. The van der Waals surface area contributed by atoms with Crippen molar-refractivity contribution in [2.75, 3.05) is 0 Å². The molecule has 0 aliphatic carbocycles. The molecule has 0 saturated heterocycles. The molecule has 0 aromatic carbocycles. The Morgan fingerprint density at radius 3 is 2.75 bits per heavy atom. The maximum Gasteiger partial charge on any atom is 0.229 e. The molecule has 3 rings (SSSR count). The third-order valence-electron chi connectivity index (χ3n) is 2.91. The van der Waals surface area contributed by atoms with Crippen LogP contribution in [0.2, 0.25) is 0 Å². The van der Waals surface area contributed by atoms with Crippen LogP contribution in [0.15, 0.2) is 41.6 Å². The van der Waals surface area contributed by atoms with Crippen molar-refractivity contribution in [2.24, 2.45) is 0 Å². The molecule has 6 nitrogen and oxygen atoms in total. The predicted molar refractivity (Wildman–Crippen MR) is 72.9 cm³/mol. The van der Waals surface area contributed by atoms with E-state index in [9.17, 15) is 0 Å². The third-order valence-corrected chi connectivity index (χ3v) is 2.91. The first-order chi connectivity index (χ1) is 9.72. The monoisotopic (exact) mass is 269 g/mol. The van der Waals surface area contributed by atoms with E-state index in [0.717, 1.165) is 11.3 Å². The van der Waals surface area contributed by atoms with Crippen LogP contribution in [0.4, 0.5) is 0 Å². The van der Waals surface area contributed by atoms with Crippen LogP contribution in [-0.4, -0.2) is 24.7 Å². The lowest BCUT2D eigenvalue weighted by Crippen LogP contribution is -1.99. The molecule has 20 heavy (non-hydrogen) atoms. The summed E-state index contributed by atoms with van der Waals surface area (Å²) in [5.74, 6) is 1.56. The molecule has 0 unspecified atom stereocenters. The van der Waals surface area contributed by atoms with Crippen LogP contribution in [0.5, 0.6) is 0 Å². The van der Waals surface area contributed by atoms with Crippen molar-refractivity contribution in [1.29, 1.82) is 0 Å². The lowest BCUT2D eigenvalue weighted by atomic mass is 10.2. The number of hydrogen-bond acceptors (Lipinski definition) is 5. The van der Waals surface area contributed by atoms with Gasteiger partial charge in [-0.1, -0.05) is 19.0 Å². The summed E-state index contributed by atoms with van der Waals surface area (Å²) < 4.78 is 7.12. The third kappa shape index (κ3) is 2.59. The Balaban J connectivity index is 1.77. The van der Waals surface area contributed by atoms with Gasteiger partial charge in [-0.3, -0.25) is 4.98 Å². The molecule has 0 amide bonds. The molecule has 102 valence electrons. The van der Waals surface area contributed by atoms with E-state index < -0.39 is 0 Å². The molecule has 0 radical (unpaired) electrons. The van der Waals surface area contributed by atoms with E-state index in [4.69, 9.17) is 4.52 Å². The molecular formula is C14H15N5O. The van der Waals surface area contributed by atoms with E-state index in [2.05, 4.69) is 20.1 Å². The normalized spacial score (nSPS) is 11.2. The summed E-state index contributed by atoms with van der Waals surface area (Å²) >= 11 is 0. The van der Waals surface area contributed by atoms with E-state index in [1.54, 1.807) is 18.7 Å². The Labute approximate surface area is 116 Å². The maximum atomic E-state index is 5.19. The lowest BCUT2D eigenvalue weighted by molar-refractivity contribution is 0.360. The molecule has 6 heteroatoms. The minimum Gasteiger partial charge on any atom is -0.339 e. The molecule has 0 bridgehead atoms.